The first-order valence-corrected chi connectivity index (χ1v) is 3.89. The zero-order chi connectivity index (χ0) is 10.6. The second-order valence-electron chi connectivity index (χ2n) is 2.60. The molecule has 0 aliphatic rings. The highest BCUT2D eigenvalue weighted by Crippen LogP contribution is 2.21. The number of allylic oxidation sites excluding steroid dienone is 1. The van der Waals surface area contributed by atoms with Gasteiger partial charge in [0, 0.05) is 11.6 Å². The molecule has 0 spiro atoms. The van der Waals surface area contributed by atoms with Gasteiger partial charge in [0.1, 0.15) is 0 Å². The standard InChI is InChI=1S/C10H8F2O2/c11-10(12)8(6-9(13)14)7-4-2-1-3-5-7/h1-6,10H,(H,13,14). The highest BCUT2D eigenvalue weighted by molar-refractivity contribution is 5.90. The first-order chi connectivity index (χ1) is 6.61. The van der Waals surface area contributed by atoms with E-state index in [4.69, 9.17) is 5.11 Å². The summed E-state index contributed by atoms with van der Waals surface area (Å²) in [6.45, 7) is 0. The molecule has 0 aromatic heterocycles. The van der Waals surface area contributed by atoms with Crippen molar-refractivity contribution < 1.29 is 18.7 Å². The van der Waals surface area contributed by atoms with Gasteiger partial charge in [-0.2, -0.15) is 0 Å². The lowest BCUT2D eigenvalue weighted by Gasteiger charge is -2.04. The Morgan fingerprint density at radius 2 is 1.86 bits per heavy atom. The fourth-order valence-electron chi connectivity index (χ4n) is 1.04. The molecule has 0 aliphatic heterocycles. The molecule has 14 heavy (non-hydrogen) atoms. The summed E-state index contributed by atoms with van der Waals surface area (Å²) in [5.41, 5.74) is -0.247. The van der Waals surface area contributed by atoms with Gasteiger partial charge >= 0.3 is 5.97 Å². The van der Waals surface area contributed by atoms with Gasteiger partial charge in [0.25, 0.3) is 6.43 Å². The molecule has 0 amide bonds. The minimum absolute atomic E-state index is 0.227. The van der Waals surface area contributed by atoms with E-state index in [0.29, 0.717) is 6.08 Å². The molecule has 2 nitrogen and oxygen atoms in total. The Bertz CT molecular complexity index is 344. The van der Waals surface area contributed by atoms with E-state index >= 15 is 0 Å². The molecule has 0 aliphatic carbocycles. The fourth-order valence-corrected chi connectivity index (χ4v) is 1.04. The van der Waals surface area contributed by atoms with Gasteiger partial charge in [-0.25, -0.2) is 13.6 Å². The number of hydrogen-bond acceptors (Lipinski definition) is 1. The summed E-state index contributed by atoms with van der Waals surface area (Å²) in [4.78, 5) is 10.3. The SMILES string of the molecule is O=C(O)C=C(c1ccccc1)C(F)F. The highest BCUT2D eigenvalue weighted by Gasteiger charge is 2.14. The average Bonchev–Trinajstić information content (AvgIpc) is 2.15. The van der Waals surface area contributed by atoms with Crippen molar-refractivity contribution >= 4 is 11.5 Å². The molecule has 0 unspecified atom stereocenters. The van der Waals surface area contributed by atoms with Crippen LogP contribution in [-0.4, -0.2) is 17.5 Å². The number of carboxylic acids is 1. The third-order valence-electron chi connectivity index (χ3n) is 1.62. The highest BCUT2D eigenvalue weighted by atomic mass is 19.3. The Kier molecular flexibility index (Phi) is 3.34. The molecule has 0 radical (unpaired) electrons. The number of alkyl halides is 2. The van der Waals surface area contributed by atoms with E-state index in [1.54, 1.807) is 18.2 Å². The van der Waals surface area contributed by atoms with Crippen LogP contribution in [0.5, 0.6) is 0 Å². The fraction of sp³-hybridized carbons (Fsp3) is 0.100. The van der Waals surface area contributed by atoms with Crippen LogP contribution in [0.1, 0.15) is 5.56 Å². The van der Waals surface area contributed by atoms with E-state index in [9.17, 15) is 13.6 Å². The molecular weight excluding hydrogens is 190 g/mol. The van der Waals surface area contributed by atoms with Crippen molar-refractivity contribution in [3.8, 4) is 0 Å². The topological polar surface area (TPSA) is 37.3 Å². The van der Waals surface area contributed by atoms with Gasteiger partial charge in [-0.3, -0.25) is 0 Å². The van der Waals surface area contributed by atoms with Crippen LogP contribution in [0.15, 0.2) is 36.4 Å². The summed E-state index contributed by atoms with van der Waals surface area (Å²) in [5, 5.41) is 8.38. The Morgan fingerprint density at radius 1 is 1.29 bits per heavy atom. The summed E-state index contributed by atoms with van der Waals surface area (Å²) < 4.78 is 24.8. The number of aliphatic carboxylic acids is 1. The van der Waals surface area contributed by atoms with Gasteiger partial charge in [-0.15, -0.1) is 0 Å². The van der Waals surface area contributed by atoms with E-state index in [2.05, 4.69) is 0 Å². The quantitative estimate of drug-likeness (QED) is 0.757. The van der Waals surface area contributed by atoms with Crippen LogP contribution < -0.4 is 0 Å². The molecule has 0 bridgehead atoms. The number of benzene rings is 1. The molecule has 1 rings (SSSR count). The number of hydrogen-bond donors (Lipinski definition) is 1. The predicted octanol–water partition coefficient (Wildman–Crippen LogP) is 2.42. The van der Waals surface area contributed by atoms with Gasteiger partial charge < -0.3 is 5.11 Å². The zero-order valence-corrected chi connectivity index (χ0v) is 7.15. The normalized spacial score (nSPS) is 11.8. The molecule has 0 atom stereocenters. The van der Waals surface area contributed by atoms with Crippen molar-refractivity contribution in [2.24, 2.45) is 0 Å². The minimum Gasteiger partial charge on any atom is -0.478 e. The monoisotopic (exact) mass is 198 g/mol. The number of carboxylic acid groups (broad SMARTS) is 1. The van der Waals surface area contributed by atoms with Gasteiger partial charge in [-0.05, 0) is 5.56 Å². The molecule has 1 aromatic rings. The number of carbonyl (C=O) groups is 1. The molecule has 0 fully saturated rings. The average molecular weight is 198 g/mol. The van der Waals surface area contributed by atoms with E-state index in [1.165, 1.54) is 12.1 Å². The van der Waals surface area contributed by atoms with Crippen LogP contribution in [0.25, 0.3) is 5.57 Å². The second kappa shape index (κ2) is 4.50. The third-order valence-corrected chi connectivity index (χ3v) is 1.62. The maximum atomic E-state index is 12.4. The smallest absolute Gasteiger partial charge is 0.328 e. The second-order valence-corrected chi connectivity index (χ2v) is 2.60. The van der Waals surface area contributed by atoms with Crippen molar-refractivity contribution in [1.82, 2.24) is 0 Å². The Labute approximate surface area is 79.5 Å². The molecular formula is C10H8F2O2. The van der Waals surface area contributed by atoms with Gasteiger partial charge in [-0.1, -0.05) is 30.3 Å². The predicted molar refractivity (Wildman–Crippen MR) is 48.1 cm³/mol. The summed E-state index contributed by atoms with van der Waals surface area (Å²) in [6.07, 6.45) is -2.26. The molecule has 0 heterocycles. The van der Waals surface area contributed by atoms with E-state index in [1.807, 2.05) is 0 Å². The van der Waals surface area contributed by atoms with Crippen molar-refractivity contribution in [1.29, 1.82) is 0 Å². The molecule has 1 N–H and O–H groups in total. The van der Waals surface area contributed by atoms with Crippen LogP contribution in [0.4, 0.5) is 8.78 Å². The zero-order valence-electron chi connectivity index (χ0n) is 7.15. The lowest BCUT2D eigenvalue weighted by molar-refractivity contribution is -0.131. The molecule has 74 valence electrons. The molecule has 4 heteroatoms. The number of rotatable bonds is 3. The third kappa shape index (κ3) is 2.65. The number of halogens is 2. The minimum atomic E-state index is -2.78. The molecule has 0 saturated heterocycles. The Hall–Kier alpha value is -1.71. The first kappa shape index (κ1) is 10.4. The van der Waals surface area contributed by atoms with E-state index in [0.717, 1.165) is 0 Å². The summed E-state index contributed by atoms with van der Waals surface area (Å²) in [7, 11) is 0. The summed E-state index contributed by atoms with van der Waals surface area (Å²) in [5.74, 6) is -1.37. The van der Waals surface area contributed by atoms with E-state index in [-0.39, 0.29) is 5.56 Å². The summed E-state index contributed by atoms with van der Waals surface area (Å²) >= 11 is 0. The lowest BCUT2D eigenvalue weighted by atomic mass is 10.1. The summed E-state index contributed by atoms with van der Waals surface area (Å²) in [6, 6.07) is 7.72. The Balaban J connectivity index is 3.08. The first-order valence-electron chi connectivity index (χ1n) is 3.89. The van der Waals surface area contributed by atoms with Gasteiger partial charge in [0.05, 0.1) is 0 Å². The Morgan fingerprint density at radius 3 is 2.29 bits per heavy atom. The van der Waals surface area contributed by atoms with Gasteiger partial charge in [0.2, 0.25) is 0 Å². The van der Waals surface area contributed by atoms with Crippen LogP contribution >= 0.6 is 0 Å². The van der Waals surface area contributed by atoms with Gasteiger partial charge in [0.15, 0.2) is 0 Å². The van der Waals surface area contributed by atoms with Crippen molar-refractivity contribution in [3.05, 3.63) is 42.0 Å². The maximum Gasteiger partial charge on any atom is 0.328 e. The van der Waals surface area contributed by atoms with Crippen LogP contribution in [0.3, 0.4) is 0 Å². The lowest BCUT2D eigenvalue weighted by Crippen LogP contribution is -2.00. The molecule has 1 aromatic carbocycles. The van der Waals surface area contributed by atoms with Crippen LogP contribution in [0, 0.1) is 0 Å². The largest absolute Gasteiger partial charge is 0.478 e. The van der Waals surface area contributed by atoms with Crippen LogP contribution in [0.2, 0.25) is 0 Å². The maximum absolute atomic E-state index is 12.4. The van der Waals surface area contributed by atoms with Crippen molar-refractivity contribution in [2.75, 3.05) is 0 Å². The van der Waals surface area contributed by atoms with Crippen LogP contribution in [-0.2, 0) is 4.79 Å². The van der Waals surface area contributed by atoms with Crippen molar-refractivity contribution in [2.45, 2.75) is 6.43 Å². The van der Waals surface area contributed by atoms with Crippen molar-refractivity contribution in [3.63, 3.8) is 0 Å². The van der Waals surface area contributed by atoms with E-state index < -0.39 is 18.0 Å². The molecule has 0 saturated carbocycles.